The predicted octanol–water partition coefficient (Wildman–Crippen LogP) is 5.84. The Balaban J connectivity index is 0.845. The first-order valence-corrected chi connectivity index (χ1v) is 20.5. The Labute approximate surface area is 344 Å². The van der Waals surface area contributed by atoms with Gasteiger partial charge >= 0.3 is 0 Å². The van der Waals surface area contributed by atoms with E-state index in [0.717, 1.165) is 90.8 Å². The zero-order valence-electron chi connectivity index (χ0n) is 33.0. The number of nitrogens with one attached hydrogen (secondary N) is 5. The van der Waals surface area contributed by atoms with Crippen LogP contribution in [0.5, 0.6) is 0 Å². The molecule has 9 rings (SSSR count). The maximum atomic E-state index is 14.0. The number of para-hydroxylation sites is 1. The van der Waals surface area contributed by atoms with Crippen molar-refractivity contribution in [3.05, 3.63) is 107 Å². The molecule has 0 spiro atoms. The second kappa shape index (κ2) is 17.1. The van der Waals surface area contributed by atoms with E-state index in [0.29, 0.717) is 61.4 Å². The summed E-state index contributed by atoms with van der Waals surface area (Å²) in [5, 5.41) is 20.7. The summed E-state index contributed by atoms with van der Waals surface area (Å²) in [6, 6.07) is 20.6. The van der Waals surface area contributed by atoms with Crippen LogP contribution in [0.3, 0.4) is 0 Å². The molecule has 60 heavy (non-hydrogen) atoms. The van der Waals surface area contributed by atoms with Crippen molar-refractivity contribution in [2.75, 3.05) is 73.3 Å². The molecule has 16 heteroatoms. The molecule has 2 aromatic heterocycles. The number of benzene rings is 4. The number of hydrogen-bond donors (Lipinski definition) is 5. The minimum Gasteiger partial charge on any atom is -0.382 e. The van der Waals surface area contributed by atoms with Gasteiger partial charge in [-0.2, -0.15) is 5.10 Å². The molecule has 0 saturated carbocycles. The van der Waals surface area contributed by atoms with Crippen LogP contribution in [-0.4, -0.2) is 101 Å². The first kappa shape index (κ1) is 39.1. The van der Waals surface area contributed by atoms with Crippen LogP contribution in [0.2, 0.25) is 0 Å². The van der Waals surface area contributed by atoms with Crippen molar-refractivity contribution in [1.82, 2.24) is 30.0 Å². The van der Waals surface area contributed by atoms with Crippen LogP contribution in [0.15, 0.2) is 79.1 Å². The molecular weight excluding hydrogens is 771 g/mol. The van der Waals surface area contributed by atoms with E-state index in [9.17, 15) is 23.2 Å². The van der Waals surface area contributed by atoms with Gasteiger partial charge in [-0.15, -0.1) is 0 Å². The minimum atomic E-state index is -0.628. The molecule has 6 aromatic rings. The van der Waals surface area contributed by atoms with E-state index in [-0.39, 0.29) is 23.8 Å². The maximum Gasteiger partial charge on any atom is 0.258 e. The summed E-state index contributed by atoms with van der Waals surface area (Å²) in [6.07, 6.45) is 4.41. The van der Waals surface area contributed by atoms with Gasteiger partial charge in [-0.3, -0.25) is 29.7 Å². The maximum absolute atomic E-state index is 14.0. The van der Waals surface area contributed by atoms with Gasteiger partial charge in [0.05, 0.1) is 28.6 Å². The van der Waals surface area contributed by atoms with Crippen LogP contribution < -0.4 is 26.2 Å². The molecule has 14 nitrogen and oxygen atoms in total. The Morgan fingerprint density at radius 2 is 1.70 bits per heavy atom. The number of fused-ring (bicyclic) bond motifs is 2. The molecule has 3 aliphatic heterocycles. The Morgan fingerprint density at radius 3 is 2.50 bits per heavy atom. The minimum absolute atomic E-state index is 0.156. The monoisotopic (exact) mass is 816 g/mol. The Morgan fingerprint density at radius 1 is 0.883 bits per heavy atom. The van der Waals surface area contributed by atoms with Crippen molar-refractivity contribution < 1.29 is 27.9 Å². The highest BCUT2D eigenvalue weighted by Gasteiger charge is 2.29. The van der Waals surface area contributed by atoms with Gasteiger partial charge in [0.25, 0.3) is 5.91 Å². The van der Waals surface area contributed by atoms with Gasteiger partial charge in [0.1, 0.15) is 23.2 Å². The number of aromatic amines is 1. The number of amides is 3. The smallest absolute Gasteiger partial charge is 0.258 e. The van der Waals surface area contributed by atoms with Crippen LogP contribution in [0.25, 0.3) is 21.9 Å². The van der Waals surface area contributed by atoms with Crippen molar-refractivity contribution >= 4 is 62.5 Å². The van der Waals surface area contributed by atoms with Crippen LogP contribution in [0.1, 0.15) is 53.2 Å². The van der Waals surface area contributed by atoms with E-state index in [1.807, 2.05) is 53.1 Å². The topological polar surface area (TPSA) is 162 Å². The van der Waals surface area contributed by atoms with E-state index in [1.54, 1.807) is 6.33 Å². The quantitative estimate of drug-likeness (QED) is 0.0951. The number of carbonyl (C=O) groups is 3. The lowest BCUT2D eigenvalue weighted by Crippen LogP contribution is -2.47. The molecule has 0 bridgehead atoms. The fraction of sp³-hybridized carbons (Fsp3) is 0.341. The number of halogens is 2. The molecule has 3 fully saturated rings. The van der Waals surface area contributed by atoms with Gasteiger partial charge in [-0.1, -0.05) is 12.1 Å². The summed E-state index contributed by atoms with van der Waals surface area (Å²) >= 11 is 0. The number of aromatic nitrogens is 4. The van der Waals surface area contributed by atoms with Gasteiger partial charge < -0.3 is 30.2 Å². The summed E-state index contributed by atoms with van der Waals surface area (Å²) < 4.78 is 35.2. The number of imide groups is 1. The molecule has 1 unspecified atom stereocenters. The Hall–Kier alpha value is -6.39. The molecule has 5 heterocycles. The molecular formula is C44H46F2N10O4. The lowest BCUT2D eigenvalue weighted by atomic mass is 10.0. The zero-order chi connectivity index (χ0) is 41.2. The highest BCUT2D eigenvalue weighted by molar-refractivity contribution is 6.11. The average Bonchev–Trinajstić information content (AvgIpc) is 3.85. The fourth-order valence-corrected chi connectivity index (χ4v) is 8.47. The second-order valence-electron chi connectivity index (χ2n) is 15.7. The lowest BCUT2D eigenvalue weighted by molar-refractivity contribution is -0.135. The van der Waals surface area contributed by atoms with E-state index in [2.05, 4.69) is 52.3 Å². The summed E-state index contributed by atoms with van der Waals surface area (Å²) in [4.78, 5) is 47.6. The third kappa shape index (κ3) is 8.51. The molecule has 1 atom stereocenters. The molecule has 5 N–H and O–H groups in total. The van der Waals surface area contributed by atoms with Crippen LogP contribution in [-0.2, 0) is 20.7 Å². The normalized spacial score (nSPS) is 17.9. The van der Waals surface area contributed by atoms with Crippen molar-refractivity contribution in [3.63, 3.8) is 0 Å². The molecule has 310 valence electrons. The number of nitrogens with zero attached hydrogens (tertiary/aromatic N) is 5. The Kier molecular flexibility index (Phi) is 11.1. The molecule has 3 saturated heterocycles. The first-order valence-electron chi connectivity index (χ1n) is 20.5. The third-order valence-corrected chi connectivity index (χ3v) is 11.6. The molecule has 3 amide bonds. The number of H-pyrrole nitrogens is 1. The zero-order valence-corrected chi connectivity index (χ0v) is 33.0. The largest absolute Gasteiger partial charge is 0.382 e. The van der Waals surface area contributed by atoms with Gasteiger partial charge in [0, 0.05) is 87.8 Å². The number of rotatable bonds is 12. The van der Waals surface area contributed by atoms with E-state index in [1.165, 1.54) is 12.1 Å². The van der Waals surface area contributed by atoms with Crippen LogP contribution in [0.4, 0.5) is 31.7 Å². The summed E-state index contributed by atoms with van der Waals surface area (Å²) in [7, 11) is 0. The molecule has 0 aliphatic carbocycles. The van der Waals surface area contributed by atoms with Crippen molar-refractivity contribution in [1.29, 1.82) is 0 Å². The standard InChI is InChI=1S/C44H46F2N10O4/c45-29-21-28(22-30(46)24-29)20-27-4-7-35-34(23-27)42(53-52-35)51-43(58)33-6-5-32(25-37(33)49-31-10-18-60-19-11-31)55-16-14-54(15-17-55)13-12-47-36-2-1-3-38-41(36)48-26-56(38)39-8-9-40(57)50-44(39)59/h1-7,21-26,31,39,47,49H,8-20H2,(H,50,57,59)(H2,51,52,53,58). The molecule has 0 radical (unpaired) electrons. The number of anilines is 4. The van der Waals surface area contributed by atoms with Crippen LogP contribution >= 0.6 is 0 Å². The SMILES string of the molecule is O=C1CCC(n2cnc3c(NCCN4CCN(c5ccc(C(=O)Nc6n[nH]c7ccc(Cc8cc(F)cc(F)c8)cc67)c(NC6CCOCC6)c5)CC4)cccc32)C(=O)N1. The fourth-order valence-electron chi connectivity index (χ4n) is 8.47. The van der Waals surface area contributed by atoms with Crippen LogP contribution in [0, 0.1) is 11.6 Å². The highest BCUT2D eigenvalue weighted by Crippen LogP contribution is 2.31. The van der Waals surface area contributed by atoms with Gasteiger partial charge in [-0.25, -0.2) is 13.8 Å². The van der Waals surface area contributed by atoms with Crippen molar-refractivity contribution in [2.24, 2.45) is 0 Å². The second-order valence-corrected chi connectivity index (χ2v) is 15.7. The third-order valence-electron chi connectivity index (χ3n) is 11.6. The summed E-state index contributed by atoms with van der Waals surface area (Å²) in [6.45, 7) is 6.22. The van der Waals surface area contributed by atoms with Crippen molar-refractivity contribution in [3.8, 4) is 0 Å². The van der Waals surface area contributed by atoms with E-state index < -0.39 is 17.7 Å². The summed E-state index contributed by atoms with van der Waals surface area (Å²) in [5.41, 5.74) is 6.85. The highest BCUT2D eigenvalue weighted by atomic mass is 19.1. The van der Waals surface area contributed by atoms with E-state index in [4.69, 9.17) is 4.74 Å². The predicted molar refractivity (Wildman–Crippen MR) is 225 cm³/mol. The van der Waals surface area contributed by atoms with Gasteiger partial charge in [0.15, 0.2) is 5.82 Å². The van der Waals surface area contributed by atoms with Gasteiger partial charge in [-0.05, 0) is 91.4 Å². The number of carbonyl (C=O) groups excluding carboxylic acids is 3. The molecule has 3 aliphatic rings. The number of imidazole rings is 1. The lowest BCUT2D eigenvalue weighted by Gasteiger charge is -2.36. The van der Waals surface area contributed by atoms with Crippen molar-refractivity contribution in [2.45, 2.75) is 44.2 Å². The van der Waals surface area contributed by atoms with Gasteiger partial charge in [0.2, 0.25) is 11.8 Å². The number of ether oxygens (including phenoxy) is 1. The number of hydrogen-bond acceptors (Lipinski definition) is 10. The van der Waals surface area contributed by atoms with E-state index >= 15 is 0 Å². The molecule has 4 aromatic carbocycles. The number of piperazine rings is 1. The Bertz CT molecular complexity index is 2540. The average molecular weight is 817 g/mol. The first-order chi connectivity index (χ1) is 29.2. The summed E-state index contributed by atoms with van der Waals surface area (Å²) in [5.74, 6) is -1.74. The number of piperidine rings is 1.